The molecule has 2 aromatic rings. The van der Waals surface area contributed by atoms with Gasteiger partial charge in [-0.15, -0.1) is 11.3 Å². The lowest BCUT2D eigenvalue weighted by atomic mass is 10.1. The average Bonchev–Trinajstić information content (AvgIpc) is 3.18. The van der Waals surface area contributed by atoms with Gasteiger partial charge in [-0.25, -0.2) is 0 Å². The average molecular weight is 398 g/mol. The lowest BCUT2D eigenvalue weighted by Crippen LogP contribution is -2.37. The Morgan fingerprint density at radius 3 is 2.50 bits per heavy atom. The highest BCUT2D eigenvalue weighted by atomic mass is 32.1. The van der Waals surface area contributed by atoms with Gasteiger partial charge in [-0.05, 0) is 54.8 Å². The highest BCUT2D eigenvalue weighted by molar-refractivity contribution is 7.09. The van der Waals surface area contributed by atoms with E-state index in [0.717, 1.165) is 43.6 Å². The van der Waals surface area contributed by atoms with Crippen LogP contribution >= 0.6 is 11.3 Å². The molecule has 0 radical (unpaired) electrons. The van der Waals surface area contributed by atoms with Gasteiger partial charge in [0.05, 0.1) is 6.54 Å². The molecule has 0 atom stereocenters. The van der Waals surface area contributed by atoms with Gasteiger partial charge in [-0.3, -0.25) is 14.5 Å². The Bertz CT molecular complexity index is 794. The fourth-order valence-electron chi connectivity index (χ4n) is 3.67. The van der Waals surface area contributed by atoms with Crippen LogP contribution in [0.2, 0.25) is 0 Å². The molecule has 1 aliphatic carbocycles. The first kappa shape index (κ1) is 19.2. The molecule has 0 unspecified atom stereocenters. The third-order valence-corrected chi connectivity index (χ3v) is 6.29. The fourth-order valence-corrected chi connectivity index (χ4v) is 4.39. The van der Waals surface area contributed by atoms with Crippen molar-refractivity contribution in [1.82, 2.24) is 15.1 Å². The number of hydrogen-bond donors (Lipinski definition) is 1. The molecule has 2 amide bonds. The van der Waals surface area contributed by atoms with E-state index in [0.29, 0.717) is 19.1 Å². The van der Waals surface area contributed by atoms with E-state index in [-0.39, 0.29) is 11.8 Å². The molecule has 148 valence electrons. The molecule has 2 fully saturated rings. The molecule has 1 saturated heterocycles. The molecule has 2 heterocycles. The molecule has 1 saturated carbocycles. The quantitative estimate of drug-likeness (QED) is 0.744. The summed E-state index contributed by atoms with van der Waals surface area (Å²) < 4.78 is 0. The lowest BCUT2D eigenvalue weighted by Gasteiger charge is -2.20. The van der Waals surface area contributed by atoms with Gasteiger partial charge in [-0.1, -0.05) is 18.2 Å². The van der Waals surface area contributed by atoms with E-state index in [1.54, 1.807) is 11.3 Å². The van der Waals surface area contributed by atoms with E-state index in [9.17, 15) is 9.59 Å². The van der Waals surface area contributed by atoms with Crippen molar-refractivity contribution in [2.45, 2.75) is 44.8 Å². The predicted octanol–water partition coefficient (Wildman–Crippen LogP) is 3.26. The van der Waals surface area contributed by atoms with Crippen molar-refractivity contribution < 1.29 is 9.59 Å². The van der Waals surface area contributed by atoms with Crippen LogP contribution in [-0.4, -0.2) is 47.3 Å². The van der Waals surface area contributed by atoms with Crippen LogP contribution in [0.15, 0.2) is 41.8 Å². The summed E-state index contributed by atoms with van der Waals surface area (Å²) in [6, 6.07) is 12.3. The smallest absolute Gasteiger partial charge is 0.253 e. The first-order valence-corrected chi connectivity index (χ1v) is 11.0. The van der Waals surface area contributed by atoms with E-state index in [4.69, 9.17) is 0 Å². The van der Waals surface area contributed by atoms with Gasteiger partial charge in [0.1, 0.15) is 0 Å². The minimum Gasteiger partial charge on any atom is -0.351 e. The Hall–Kier alpha value is -2.18. The van der Waals surface area contributed by atoms with Crippen LogP contribution in [0.5, 0.6) is 0 Å². The second-order valence-corrected chi connectivity index (χ2v) is 8.72. The van der Waals surface area contributed by atoms with Crippen molar-refractivity contribution in [2.24, 2.45) is 0 Å². The molecule has 1 aromatic carbocycles. The first-order valence-electron chi connectivity index (χ1n) is 10.1. The maximum absolute atomic E-state index is 12.4. The van der Waals surface area contributed by atoms with E-state index in [1.807, 2.05) is 29.2 Å². The molecule has 5 nitrogen and oxygen atoms in total. The topological polar surface area (TPSA) is 52.7 Å². The van der Waals surface area contributed by atoms with Crippen LogP contribution in [0.4, 0.5) is 0 Å². The third kappa shape index (κ3) is 5.00. The van der Waals surface area contributed by atoms with Crippen LogP contribution in [0, 0.1) is 0 Å². The first-order chi connectivity index (χ1) is 13.7. The molecule has 1 aliphatic heterocycles. The standard InChI is InChI=1S/C22H27N3O2S/c26-21(16-25(19-9-10-19)15-20-4-3-13-28-20)23-14-17-5-7-18(8-6-17)22(27)24-11-1-2-12-24/h3-8,13,19H,1-2,9-12,14-16H2,(H,23,26). The highest BCUT2D eigenvalue weighted by Crippen LogP contribution is 2.28. The summed E-state index contributed by atoms with van der Waals surface area (Å²) in [4.78, 5) is 30.3. The van der Waals surface area contributed by atoms with Crippen LogP contribution in [-0.2, 0) is 17.9 Å². The predicted molar refractivity (Wildman–Crippen MR) is 111 cm³/mol. The molecule has 0 spiro atoms. The van der Waals surface area contributed by atoms with Crippen molar-refractivity contribution in [3.8, 4) is 0 Å². The Morgan fingerprint density at radius 1 is 1.11 bits per heavy atom. The van der Waals surface area contributed by atoms with Crippen molar-refractivity contribution in [2.75, 3.05) is 19.6 Å². The minimum absolute atomic E-state index is 0.0562. The molecule has 6 heteroatoms. The number of likely N-dealkylation sites (tertiary alicyclic amines) is 1. The normalized spacial score (nSPS) is 16.5. The summed E-state index contributed by atoms with van der Waals surface area (Å²) in [6.07, 6.45) is 4.57. The number of benzene rings is 1. The number of carbonyl (C=O) groups is 2. The Balaban J connectivity index is 1.26. The summed E-state index contributed by atoms with van der Waals surface area (Å²) >= 11 is 1.74. The van der Waals surface area contributed by atoms with E-state index >= 15 is 0 Å². The number of hydrogen-bond acceptors (Lipinski definition) is 4. The van der Waals surface area contributed by atoms with Gasteiger partial charge in [0, 0.05) is 42.7 Å². The van der Waals surface area contributed by atoms with Gasteiger partial charge in [0.25, 0.3) is 5.91 Å². The van der Waals surface area contributed by atoms with E-state index in [1.165, 1.54) is 17.7 Å². The number of rotatable bonds is 8. The Labute approximate surface area is 170 Å². The highest BCUT2D eigenvalue weighted by Gasteiger charge is 2.30. The zero-order valence-electron chi connectivity index (χ0n) is 16.1. The van der Waals surface area contributed by atoms with Crippen molar-refractivity contribution in [1.29, 1.82) is 0 Å². The maximum atomic E-state index is 12.4. The van der Waals surface area contributed by atoms with Gasteiger partial charge in [0.2, 0.25) is 5.91 Å². The largest absolute Gasteiger partial charge is 0.351 e. The summed E-state index contributed by atoms with van der Waals surface area (Å²) in [7, 11) is 0. The van der Waals surface area contributed by atoms with Crippen LogP contribution in [0.1, 0.15) is 46.5 Å². The summed E-state index contributed by atoms with van der Waals surface area (Å²) in [5, 5.41) is 5.10. The molecule has 2 aliphatic rings. The van der Waals surface area contributed by atoms with Crippen molar-refractivity contribution >= 4 is 23.2 Å². The number of nitrogens with one attached hydrogen (secondary N) is 1. The Kier molecular flexibility index (Phi) is 6.07. The molecular formula is C22H27N3O2S. The molecular weight excluding hydrogens is 370 g/mol. The number of amides is 2. The lowest BCUT2D eigenvalue weighted by molar-refractivity contribution is -0.122. The molecule has 4 rings (SSSR count). The van der Waals surface area contributed by atoms with E-state index in [2.05, 4.69) is 27.7 Å². The summed E-state index contributed by atoms with van der Waals surface area (Å²) in [6.45, 7) is 3.50. The van der Waals surface area contributed by atoms with Gasteiger partial charge in [-0.2, -0.15) is 0 Å². The Morgan fingerprint density at radius 2 is 1.86 bits per heavy atom. The fraction of sp³-hybridized carbons (Fsp3) is 0.455. The molecule has 1 aromatic heterocycles. The van der Waals surface area contributed by atoms with Crippen LogP contribution in [0.25, 0.3) is 0 Å². The zero-order valence-corrected chi connectivity index (χ0v) is 16.9. The molecule has 28 heavy (non-hydrogen) atoms. The third-order valence-electron chi connectivity index (χ3n) is 5.43. The zero-order chi connectivity index (χ0) is 19.3. The monoisotopic (exact) mass is 397 g/mol. The maximum Gasteiger partial charge on any atom is 0.253 e. The van der Waals surface area contributed by atoms with Gasteiger partial charge >= 0.3 is 0 Å². The van der Waals surface area contributed by atoms with Gasteiger partial charge < -0.3 is 10.2 Å². The summed E-state index contributed by atoms with van der Waals surface area (Å²) in [5.74, 6) is 0.169. The minimum atomic E-state index is 0.0562. The van der Waals surface area contributed by atoms with Crippen molar-refractivity contribution in [3.05, 3.63) is 57.8 Å². The van der Waals surface area contributed by atoms with Crippen LogP contribution < -0.4 is 5.32 Å². The molecule has 1 N–H and O–H groups in total. The second kappa shape index (κ2) is 8.88. The van der Waals surface area contributed by atoms with Crippen LogP contribution in [0.3, 0.4) is 0 Å². The second-order valence-electron chi connectivity index (χ2n) is 7.69. The number of nitrogens with zero attached hydrogens (tertiary/aromatic N) is 2. The number of thiophene rings is 1. The SMILES string of the molecule is O=C(CN(Cc1cccs1)C1CC1)NCc1ccc(C(=O)N2CCCC2)cc1. The van der Waals surface area contributed by atoms with E-state index < -0.39 is 0 Å². The summed E-state index contributed by atoms with van der Waals surface area (Å²) in [5.41, 5.74) is 1.75. The molecule has 0 bridgehead atoms. The number of carbonyl (C=O) groups excluding carboxylic acids is 2. The van der Waals surface area contributed by atoms with Crippen molar-refractivity contribution in [3.63, 3.8) is 0 Å². The van der Waals surface area contributed by atoms with Gasteiger partial charge in [0.15, 0.2) is 0 Å².